The first-order valence-electron chi connectivity index (χ1n) is 12.7. The number of nitrogens with zero attached hydrogens (tertiary/aromatic N) is 2. The number of rotatable bonds is 2. The van der Waals surface area contributed by atoms with Gasteiger partial charge in [-0.1, -0.05) is 115 Å². The van der Waals surface area contributed by atoms with Gasteiger partial charge in [0.25, 0.3) is 0 Å². The van der Waals surface area contributed by atoms with Crippen molar-refractivity contribution in [2.24, 2.45) is 0 Å². The zero-order chi connectivity index (χ0) is 24.3. The lowest BCUT2D eigenvalue weighted by Crippen LogP contribution is -1.99. The van der Waals surface area contributed by atoms with Gasteiger partial charge in [0, 0.05) is 22.0 Å². The third kappa shape index (κ3) is 2.90. The summed E-state index contributed by atoms with van der Waals surface area (Å²) in [6.07, 6.45) is 0. The molecule has 0 aliphatic heterocycles. The molecule has 0 amide bonds. The molecule has 8 aromatic rings. The van der Waals surface area contributed by atoms with Crippen LogP contribution in [0.25, 0.3) is 71.2 Å². The average Bonchev–Trinajstić information content (AvgIpc) is 3.37. The van der Waals surface area contributed by atoms with Crippen molar-refractivity contribution in [2.75, 3.05) is 0 Å². The Bertz CT molecular complexity index is 2080. The monoisotopic (exact) mass is 470 g/mol. The van der Waals surface area contributed by atoms with Crippen molar-refractivity contribution in [2.45, 2.75) is 0 Å². The Morgan fingerprint density at radius 1 is 0.432 bits per heavy atom. The molecule has 0 radical (unpaired) electrons. The number of hydrogen-bond donors (Lipinski definition) is 0. The number of fused-ring (bicyclic) bond motifs is 8. The second kappa shape index (κ2) is 7.78. The summed E-state index contributed by atoms with van der Waals surface area (Å²) in [5.74, 6) is 0.968. The fourth-order valence-corrected chi connectivity index (χ4v) is 5.96. The molecule has 2 nitrogen and oxygen atoms in total. The molecule has 0 fully saturated rings. The van der Waals surface area contributed by atoms with Crippen molar-refractivity contribution in [1.82, 2.24) is 9.55 Å². The fraction of sp³-hybridized carbons (Fsp3) is 0. The predicted molar refractivity (Wildman–Crippen MR) is 157 cm³/mol. The number of para-hydroxylation sites is 1. The molecule has 0 unspecified atom stereocenters. The highest BCUT2D eigenvalue weighted by molar-refractivity contribution is 6.25. The number of imidazole rings is 1. The minimum absolute atomic E-state index is 0.968. The van der Waals surface area contributed by atoms with Gasteiger partial charge >= 0.3 is 0 Å². The van der Waals surface area contributed by atoms with Gasteiger partial charge in [-0.3, -0.25) is 4.57 Å². The lowest BCUT2D eigenvalue weighted by Gasteiger charge is -2.15. The SMILES string of the molecule is c1ccc(-n2c(-c3c4ccccc4cc4ccccc34)nc3c4ccccc4c4ccccc4c32)cc1. The van der Waals surface area contributed by atoms with Crippen LogP contribution in [0.5, 0.6) is 0 Å². The third-order valence-corrected chi connectivity index (χ3v) is 7.54. The summed E-state index contributed by atoms with van der Waals surface area (Å²) in [5, 5.41) is 9.73. The molecular weight excluding hydrogens is 448 g/mol. The van der Waals surface area contributed by atoms with Gasteiger partial charge in [0.2, 0.25) is 0 Å². The van der Waals surface area contributed by atoms with Crippen LogP contribution in [0.4, 0.5) is 0 Å². The maximum Gasteiger partial charge on any atom is 0.147 e. The van der Waals surface area contributed by atoms with Crippen LogP contribution >= 0.6 is 0 Å². The lowest BCUT2D eigenvalue weighted by atomic mass is 9.96. The zero-order valence-electron chi connectivity index (χ0n) is 20.1. The Balaban J connectivity index is 1.67. The van der Waals surface area contributed by atoms with Gasteiger partial charge in [0.05, 0.1) is 11.0 Å². The Hall–Kier alpha value is -4.95. The molecule has 0 N–H and O–H groups in total. The van der Waals surface area contributed by atoms with E-state index in [4.69, 9.17) is 4.98 Å². The van der Waals surface area contributed by atoms with E-state index in [0.717, 1.165) is 22.5 Å². The van der Waals surface area contributed by atoms with E-state index in [1.165, 1.54) is 48.7 Å². The van der Waals surface area contributed by atoms with Gasteiger partial charge in [-0.2, -0.15) is 0 Å². The van der Waals surface area contributed by atoms with E-state index in [-0.39, 0.29) is 0 Å². The molecule has 0 bridgehead atoms. The highest BCUT2D eigenvalue weighted by Gasteiger charge is 2.22. The van der Waals surface area contributed by atoms with Gasteiger partial charge in [0.15, 0.2) is 0 Å². The molecule has 172 valence electrons. The van der Waals surface area contributed by atoms with Gasteiger partial charge < -0.3 is 0 Å². The molecule has 0 saturated heterocycles. The molecule has 0 spiro atoms. The number of hydrogen-bond acceptors (Lipinski definition) is 1. The van der Waals surface area contributed by atoms with Crippen molar-refractivity contribution in [3.63, 3.8) is 0 Å². The number of benzene rings is 7. The van der Waals surface area contributed by atoms with Crippen LogP contribution in [0, 0.1) is 0 Å². The summed E-state index contributed by atoms with van der Waals surface area (Å²) in [6.45, 7) is 0. The second-order valence-electron chi connectivity index (χ2n) is 9.59. The normalized spacial score (nSPS) is 11.8. The first-order valence-corrected chi connectivity index (χ1v) is 12.7. The summed E-state index contributed by atoms with van der Waals surface area (Å²) < 4.78 is 2.37. The zero-order valence-corrected chi connectivity index (χ0v) is 20.1. The van der Waals surface area contributed by atoms with E-state index >= 15 is 0 Å². The third-order valence-electron chi connectivity index (χ3n) is 7.54. The van der Waals surface area contributed by atoms with Gasteiger partial charge in [0.1, 0.15) is 5.82 Å². The summed E-state index contributed by atoms with van der Waals surface area (Å²) in [5.41, 5.74) is 4.46. The minimum atomic E-state index is 0.968. The van der Waals surface area contributed by atoms with Crippen LogP contribution in [-0.2, 0) is 0 Å². The summed E-state index contributed by atoms with van der Waals surface area (Å²) in [6, 6.07) is 47.6. The predicted octanol–water partition coefficient (Wildman–Crippen LogP) is 9.31. The molecule has 1 heterocycles. The van der Waals surface area contributed by atoms with Crippen molar-refractivity contribution < 1.29 is 0 Å². The van der Waals surface area contributed by atoms with E-state index in [9.17, 15) is 0 Å². The van der Waals surface area contributed by atoms with Gasteiger partial charge in [-0.25, -0.2) is 4.98 Å². The Labute approximate surface area is 214 Å². The van der Waals surface area contributed by atoms with E-state index < -0.39 is 0 Å². The topological polar surface area (TPSA) is 17.8 Å². The molecule has 2 heteroatoms. The first kappa shape index (κ1) is 20.3. The highest BCUT2D eigenvalue weighted by Crippen LogP contribution is 2.42. The maximum atomic E-state index is 5.50. The van der Waals surface area contributed by atoms with Crippen LogP contribution in [0.15, 0.2) is 133 Å². The Morgan fingerprint density at radius 3 is 1.57 bits per heavy atom. The maximum absolute atomic E-state index is 5.50. The quantitative estimate of drug-likeness (QED) is 0.182. The van der Waals surface area contributed by atoms with Crippen LogP contribution in [-0.4, -0.2) is 9.55 Å². The molecule has 0 aliphatic rings. The van der Waals surface area contributed by atoms with E-state index in [0.29, 0.717) is 0 Å². The van der Waals surface area contributed by atoms with E-state index in [1.807, 2.05) is 0 Å². The van der Waals surface area contributed by atoms with Crippen LogP contribution < -0.4 is 0 Å². The van der Waals surface area contributed by atoms with Crippen molar-refractivity contribution in [3.8, 4) is 17.1 Å². The van der Waals surface area contributed by atoms with Crippen LogP contribution in [0.1, 0.15) is 0 Å². The molecule has 37 heavy (non-hydrogen) atoms. The molecule has 0 saturated carbocycles. The molecule has 1 aromatic heterocycles. The molecule has 0 atom stereocenters. The largest absolute Gasteiger partial charge is 0.292 e. The van der Waals surface area contributed by atoms with E-state index in [2.05, 4.69) is 138 Å². The lowest BCUT2D eigenvalue weighted by molar-refractivity contribution is 1.11. The molecule has 8 rings (SSSR count). The van der Waals surface area contributed by atoms with Gasteiger partial charge in [-0.05, 0) is 50.5 Å². The fourth-order valence-electron chi connectivity index (χ4n) is 5.96. The van der Waals surface area contributed by atoms with Crippen LogP contribution in [0.2, 0.25) is 0 Å². The molecular formula is C35H22N2. The van der Waals surface area contributed by atoms with Crippen LogP contribution in [0.3, 0.4) is 0 Å². The number of aromatic nitrogens is 2. The van der Waals surface area contributed by atoms with E-state index in [1.54, 1.807) is 0 Å². The van der Waals surface area contributed by atoms with Crippen molar-refractivity contribution in [3.05, 3.63) is 133 Å². The van der Waals surface area contributed by atoms with Crippen molar-refractivity contribution >= 4 is 54.1 Å². The Morgan fingerprint density at radius 2 is 0.919 bits per heavy atom. The second-order valence-corrected chi connectivity index (χ2v) is 9.59. The Kier molecular flexibility index (Phi) is 4.26. The van der Waals surface area contributed by atoms with Gasteiger partial charge in [-0.15, -0.1) is 0 Å². The summed E-state index contributed by atoms with van der Waals surface area (Å²) in [7, 11) is 0. The standard InChI is InChI=1S/C35H22N2/c1-2-14-25(15-3-1)37-34-31-21-11-9-19-29(31)28-18-8-10-20-30(28)33(34)36-35(37)32-26-16-6-4-12-23(26)22-24-13-5-7-17-27(24)32/h1-22H. The van der Waals surface area contributed by atoms with Crippen molar-refractivity contribution in [1.29, 1.82) is 0 Å². The summed E-state index contributed by atoms with van der Waals surface area (Å²) >= 11 is 0. The molecule has 0 aliphatic carbocycles. The first-order chi connectivity index (χ1) is 18.4. The summed E-state index contributed by atoms with van der Waals surface area (Å²) in [4.78, 5) is 5.50. The highest BCUT2D eigenvalue weighted by atomic mass is 15.1. The minimum Gasteiger partial charge on any atom is -0.292 e. The average molecular weight is 471 g/mol. The molecule has 7 aromatic carbocycles. The smallest absolute Gasteiger partial charge is 0.147 e.